The molecule has 1 saturated carbocycles. The van der Waals surface area contributed by atoms with Crippen LogP contribution < -0.4 is 10.9 Å². The number of pyridine rings is 1. The SMILES string of the molecule is CO[C@H]1C[C@@H](C(=O)N2CCCC2)CC[C@@H]1NC(=O)c1c[nH]c(=O)c2ccccc12. The van der Waals surface area contributed by atoms with Crippen molar-refractivity contribution in [2.75, 3.05) is 20.2 Å². The third-order valence-corrected chi connectivity index (χ3v) is 6.23. The maximum Gasteiger partial charge on any atom is 0.255 e. The average molecular weight is 397 g/mol. The summed E-state index contributed by atoms with van der Waals surface area (Å²) in [4.78, 5) is 42.3. The van der Waals surface area contributed by atoms with E-state index in [0.29, 0.717) is 29.2 Å². The van der Waals surface area contributed by atoms with Gasteiger partial charge >= 0.3 is 0 Å². The summed E-state index contributed by atoms with van der Waals surface area (Å²) in [6.45, 7) is 1.71. The molecule has 2 heterocycles. The molecule has 0 spiro atoms. The van der Waals surface area contributed by atoms with Crippen molar-refractivity contribution in [3.05, 3.63) is 46.4 Å². The van der Waals surface area contributed by atoms with E-state index in [-0.39, 0.29) is 35.4 Å². The molecule has 1 aromatic carbocycles. The average Bonchev–Trinajstić information content (AvgIpc) is 3.29. The molecule has 1 aliphatic carbocycles. The fourth-order valence-electron chi connectivity index (χ4n) is 4.62. The molecule has 1 aromatic heterocycles. The molecular weight excluding hydrogens is 370 g/mol. The van der Waals surface area contributed by atoms with Crippen LogP contribution in [0.3, 0.4) is 0 Å². The molecule has 154 valence electrons. The number of aromatic amines is 1. The van der Waals surface area contributed by atoms with Gasteiger partial charge in [0.05, 0.1) is 17.7 Å². The molecule has 2 aliphatic rings. The summed E-state index contributed by atoms with van der Waals surface area (Å²) in [5.41, 5.74) is 0.221. The predicted octanol–water partition coefficient (Wildman–Crippen LogP) is 2.06. The van der Waals surface area contributed by atoms with Gasteiger partial charge in [0.15, 0.2) is 0 Å². The molecular formula is C22H27N3O4. The van der Waals surface area contributed by atoms with Gasteiger partial charge in [0, 0.05) is 43.1 Å². The Morgan fingerprint density at radius 2 is 1.86 bits per heavy atom. The van der Waals surface area contributed by atoms with E-state index < -0.39 is 0 Å². The van der Waals surface area contributed by atoms with Crippen LogP contribution in [0.5, 0.6) is 0 Å². The van der Waals surface area contributed by atoms with Crippen molar-refractivity contribution >= 4 is 22.6 Å². The maximum atomic E-state index is 13.0. The summed E-state index contributed by atoms with van der Waals surface area (Å²) >= 11 is 0. The van der Waals surface area contributed by atoms with Crippen LogP contribution in [0.2, 0.25) is 0 Å². The summed E-state index contributed by atoms with van der Waals surface area (Å²) in [5, 5.41) is 4.18. The highest BCUT2D eigenvalue weighted by Crippen LogP contribution is 2.29. The zero-order chi connectivity index (χ0) is 20.4. The Hall–Kier alpha value is -2.67. The van der Waals surface area contributed by atoms with Crippen LogP contribution in [0.1, 0.15) is 42.5 Å². The fraction of sp³-hybridized carbons (Fsp3) is 0.500. The third kappa shape index (κ3) is 3.92. The maximum absolute atomic E-state index is 13.0. The van der Waals surface area contributed by atoms with Crippen LogP contribution in [0.4, 0.5) is 0 Å². The Balaban J connectivity index is 1.47. The Bertz CT molecular complexity index is 964. The van der Waals surface area contributed by atoms with Gasteiger partial charge in [0.25, 0.3) is 11.5 Å². The largest absolute Gasteiger partial charge is 0.379 e. The molecule has 1 aliphatic heterocycles. The number of carbonyl (C=O) groups is 2. The summed E-state index contributed by atoms with van der Waals surface area (Å²) in [6, 6.07) is 6.91. The van der Waals surface area contributed by atoms with Gasteiger partial charge in [-0.15, -0.1) is 0 Å². The Morgan fingerprint density at radius 3 is 2.59 bits per heavy atom. The van der Waals surface area contributed by atoms with Gasteiger partial charge in [-0.25, -0.2) is 0 Å². The Kier molecular flexibility index (Phi) is 5.67. The smallest absolute Gasteiger partial charge is 0.255 e. The summed E-state index contributed by atoms with van der Waals surface area (Å²) in [5.74, 6) is -0.0603. The van der Waals surface area contributed by atoms with E-state index in [9.17, 15) is 14.4 Å². The van der Waals surface area contributed by atoms with Gasteiger partial charge in [-0.05, 0) is 38.2 Å². The van der Waals surface area contributed by atoms with E-state index in [0.717, 1.165) is 32.4 Å². The minimum absolute atomic E-state index is 0.0416. The zero-order valence-electron chi connectivity index (χ0n) is 16.6. The van der Waals surface area contributed by atoms with Crippen LogP contribution in [-0.2, 0) is 9.53 Å². The van der Waals surface area contributed by atoms with Crippen molar-refractivity contribution in [1.82, 2.24) is 15.2 Å². The summed E-state index contributed by atoms with van der Waals surface area (Å²) < 4.78 is 5.65. The summed E-state index contributed by atoms with van der Waals surface area (Å²) in [7, 11) is 1.63. The lowest BCUT2D eigenvalue weighted by molar-refractivity contribution is -0.137. The van der Waals surface area contributed by atoms with Crippen molar-refractivity contribution in [2.24, 2.45) is 5.92 Å². The van der Waals surface area contributed by atoms with Crippen LogP contribution >= 0.6 is 0 Å². The molecule has 7 nitrogen and oxygen atoms in total. The predicted molar refractivity (Wildman–Crippen MR) is 110 cm³/mol. The molecule has 0 bridgehead atoms. The number of fused-ring (bicyclic) bond motifs is 1. The Labute approximate surface area is 169 Å². The van der Waals surface area contributed by atoms with Gasteiger partial charge in [-0.1, -0.05) is 18.2 Å². The molecule has 0 unspecified atom stereocenters. The van der Waals surface area contributed by atoms with Crippen molar-refractivity contribution in [2.45, 2.75) is 44.2 Å². The van der Waals surface area contributed by atoms with Gasteiger partial charge in [-0.2, -0.15) is 0 Å². The van der Waals surface area contributed by atoms with Gasteiger partial charge in [-0.3, -0.25) is 14.4 Å². The molecule has 2 aromatic rings. The number of ether oxygens (including phenoxy) is 1. The number of H-pyrrole nitrogens is 1. The molecule has 2 amide bonds. The second-order valence-corrected chi connectivity index (χ2v) is 7.97. The quantitative estimate of drug-likeness (QED) is 0.826. The first-order valence-corrected chi connectivity index (χ1v) is 10.3. The number of benzene rings is 1. The second kappa shape index (κ2) is 8.37. The number of hydrogen-bond acceptors (Lipinski definition) is 4. The second-order valence-electron chi connectivity index (χ2n) is 7.97. The van der Waals surface area contributed by atoms with Gasteiger partial charge < -0.3 is 19.9 Å². The lowest BCUT2D eigenvalue weighted by atomic mass is 9.82. The zero-order valence-corrected chi connectivity index (χ0v) is 16.6. The van der Waals surface area contributed by atoms with Crippen LogP contribution in [0, 0.1) is 5.92 Å². The first-order chi connectivity index (χ1) is 14.1. The van der Waals surface area contributed by atoms with Crippen LogP contribution in [0.25, 0.3) is 10.8 Å². The number of nitrogens with one attached hydrogen (secondary N) is 2. The fourth-order valence-corrected chi connectivity index (χ4v) is 4.62. The lowest BCUT2D eigenvalue weighted by Crippen LogP contribution is -2.50. The van der Waals surface area contributed by atoms with E-state index in [2.05, 4.69) is 10.3 Å². The minimum atomic E-state index is -0.242. The highest BCUT2D eigenvalue weighted by molar-refractivity contribution is 6.06. The monoisotopic (exact) mass is 397 g/mol. The van der Waals surface area contributed by atoms with Gasteiger partial charge in [0.2, 0.25) is 5.91 Å². The van der Waals surface area contributed by atoms with Crippen molar-refractivity contribution in [3.8, 4) is 0 Å². The van der Waals surface area contributed by atoms with Gasteiger partial charge in [0.1, 0.15) is 0 Å². The third-order valence-electron chi connectivity index (χ3n) is 6.23. The highest BCUT2D eigenvalue weighted by atomic mass is 16.5. The van der Waals surface area contributed by atoms with Crippen LogP contribution in [-0.4, -0.2) is 54.0 Å². The Morgan fingerprint density at radius 1 is 1.14 bits per heavy atom. The standard InChI is InChI=1S/C22H27N3O4/c1-29-19-12-14(22(28)25-10-4-5-11-25)8-9-18(19)24-21(27)17-13-23-20(26)16-7-3-2-6-15(16)17/h2-3,6-7,13-14,18-19H,4-5,8-12H2,1H3,(H,23,26)(H,24,27)/t14-,18-,19-/m0/s1. The number of hydrogen-bond donors (Lipinski definition) is 2. The van der Waals surface area contributed by atoms with Crippen LogP contribution in [0.15, 0.2) is 35.3 Å². The van der Waals surface area contributed by atoms with Crippen molar-refractivity contribution in [3.63, 3.8) is 0 Å². The number of aromatic nitrogens is 1. The molecule has 7 heteroatoms. The van der Waals surface area contributed by atoms with E-state index >= 15 is 0 Å². The lowest BCUT2D eigenvalue weighted by Gasteiger charge is -2.36. The number of methoxy groups -OCH3 is 1. The highest BCUT2D eigenvalue weighted by Gasteiger charge is 2.37. The van der Waals surface area contributed by atoms with Crippen molar-refractivity contribution in [1.29, 1.82) is 0 Å². The first kappa shape index (κ1) is 19.6. The molecule has 3 atom stereocenters. The molecule has 29 heavy (non-hydrogen) atoms. The van der Waals surface area contributed by atoms with E-state index in [1.54, 1.807) is 25.3 Å². The molecule has 2 N–H and O–H groups in total. The van der Waals surface area contributed by atoms with E-state index in [4.69, 9.17) is 4.74 Å². The van der Waals surface area contributed by atoms with E-state index in [1.165, 1.54) is 6.20 Å². The van der Waals surface area contributed by atoms with E-state index in [1.807, 2.05) is 11.0 Å². The molecule has 4 rings (SSSR count). The summed E-state index contributed by atoms with van der Waals surface area (Å²) in [6.07, 6.45) is 5.46. The number of nitrogens with zero attached hydrogens (tertiary/aromatic N) is 1. The number of likely N-dealkylation sites (tertiary alicyclic amines) is 1. The molecule has 2 fully saturated rings. The first-order valence-electron chi connectivity index (χ1n) is 10.3. The topological polar surface area (TPSA) is 91.5 Å². The number of rotatable bonds is 4. The normalized spacial score (nSPS) is 24.6. The molecule has 0 radical (unpaired) electrons. The molecule has 1 saturated heterocycles. The minimum Gasteiger partial charge on any atom is -0.379 e. The number of amides is 2. The number of carbonyl (C=O) groups excluding carboxylic acids is 2. The van der Waals surface area contributed by atoms with Crippen molar-refractivity contribution < 1.29 is 14.3 Å².